The monoisotopic (exact) mass is 772 g/mol. The third kappa shape index (κ3) is 16.5. The quantitative estimate of drug-likeness (QED) is 0.0682. The van der Waals surface area contributed by atoms with Crippen LogP contribution in [0.2, 0.25) is 0 Å². The van der Waals surface area contributed by atoms with E-state index >= 15 is 0 Å². The van der Waals surface area contributed by atoms with Crippen LogP contribution in [0.4, 0.5) is 5.69 Å². The van der Waals surface area contributed by atoms with Gasteiger partial charge in [-0.05, 0) is 94.3 Å². The number of nitrogens with one attached hydrogen (secondary N) is 2. The summed E-state index contributed by atoms with van der Waals surface area (Å²) in [6.07, 6.45) is 13.1. The normalized spacial score (nSPS) is 14.7. The van der Waals surface area contributed by atoms with Crippen LogP contribution >= 0.6 is 0 Å². The van der Waals surface area contributed by atoms with Gasteiger partial charge >= 0.3 is 5.97 Å². The van der Waals surface area contributed by atoms with Crippen molar-refractivity contribution in [3.05, 3.63) is 95.7 Å². The van der Waals surface area contributed by atoms with Crippen molar-refractivity contribution < 1.29 is 33.6 Å². The highest BCUT2D eigenvalue weighted by atomic mass is 16.5. The highest BCUT2D eigenvalue weighted by molar-refractivity contribution is 5.98. The van der Waals surface area contributed by atoms with Crippen LogP contribution in [0.15, 0.2) is 83.9 Å². The number of carboxylic acids is 1. The average Bonchev–Trinajstić information content (AvgIpc) is 3.35. The van der Waals surface area contributed by atoms with Crippen LogP contribution in [0.25, 0.3) is 0 Å². The van der Waals surface area contributed by atoms with Crippen molar-refractivity contribution in [1.82, 2.24) is 20.2 Å². The molecule has 2 atom stereocenters. The lowest BCUT2D eigenvalue weighted by atomic mass is 10.1. The topological polar surface area (TPSA) is 157 Å². The number of carboxylic acid groups (broad SMARTS) is 1. The van der Waals surface area contributed by atoms with Gasteiger partial charge in [0.05, 0.1) is 51.7 Å². The Bertz CT molecular complexity index is 1650. The highest BCUT2D eigenvalue weighted by Crippen LogP contribution is 2.21. The molecule has 56 heavy (non-hydrogen) atoms. The first-order chi connectivity index (χ1) is 27.3. The summed E-state index contributed by atoms with van der Waals surface area (Å²) in [4.78, 5) is 39.1. The van der Waals surface area contributed by atoms with Crippen molar-refractivity contribution >= 4 is 23.4 Å². The number of amides is 1. The number of aromatic nitrogens is 2. The third-order valence-electron chi connectivity index (χ3n) is 9.30. The molecule has 0 aliphatic carbocycles. The fourth-order valence-electron chi connectivity index (χ4n) is 6.01. The zero-order valence-electron chi connectivity index (χ0n) is 33.3. The summed E-state index contributed by atoms with van der Waals surface area (Å²) in [5.41, 5.74) is 4.29. The Morgan fingerprint density at radius 1 is 0.875 bits per heavy atom. The lowest BCUT2D eigenvalue weighted by Crippen LogP contribution is -2.31. The molecule has 3 N–H and O–H groups in total. The minimum Gasteiger partial charge on any atom is -0.494 e. The average molecular weight is 773 g/mol. The Kier molecular flexibility index (Phi) is 19.8. The van der Waals surface area contributed by atoms with Crippen molar-refractivity contribution in [2.45, 2.75) is 83.7 Å². The van der Waals surface area contributed by atoms with Gasteiger partial charge in [-0.15, -0.1) is 0 Å². The minimum atomic E-state index is -0.745. The van der Waals surface area contributed by atoms with Gasteiger partial charge in [0.1, 0.15) is 17.8 Å². The summed E-state index contributed by atoms with van der Waals surface area (Å²) in [6, 6.07) is 17.3. The molecule has 0 bridgehead atoms. The highest BCUT2D eigenvalue weighted by Gasteiger charge is 2.20. The van der Waals surface area contributed by atoms with E-state index in [1.807, 2.05) is 68.6 Å². The van der Waals surface area contributed by atoms with Gasteiger partial charge in [0, 0.05) is 49.8 Å². The first-order valence-corrected chi connectivity index (χ1v) is 19.9. The van der Waals surface area contributed by atoms with Crippen LogP contribution in [0.1, 0.15) is 99.3 Å². The van der Waals surface area contributed by atoms with Gasteiger partial charge in [0.15, 0.2) is 5.84 Å². The Morgan fingerprint density at radius 3 is 2.23 bits per heavy atom. The fourth-order valence-corrected chi connectivity index (χ4v) is 6.01. The largest absolute Gasteiger partial charge is 0.494 e. The standard InChI is InChI=1S/C43H60N6O7/c1-33-15-18-38(49(3)42(47-33)40-21-22-44-32-46-40)31-45-37-13-11-12-36(30-37)43(52)48-34(2)35-16-19-39(20-17-35)56-25-10-5-4-8-23-53-26-28-55-29-27-54-24-9-6-7-14-41(50)51/h11-13,16-22,30,32-34,45H,4-10,14-15,23-29,31H2,1-3H3,(H,48,52)(H,50,51)/t33?,34-/m0/s1. The van der Waals surface area contributed by atoms with E-state index in [-0.39, 0.29) is 24.4 Å². The molecule has 13 heteroatoms. The van der Waals surface area contributed by atoms with Crippen molar-refractivity contribution in [2.75, 3.05) is 65.2 Å². The Labute approximate surface area is 331 Å². The van der Waals surface area contributed by atoms with E-state index in [0.29, 0.717) is 64.8 Å². The van der Waals surface area contributed by atoms with E-state index in [2.05, 4.69) is 38.5 Å². The molecule has 0 saturated carbocycles. The number of aliphatic carboxylic acids is 1. The Morgan fingerprint density at radius 2 is 1.55 bits per heavy atom. The molecule has 0 fully saturated rings. The van der Waals surface area contributed by atoms with E-state index in [1.165, 1.54) is 6.33 Å². The Hall–Kier alpha value is -4.85. The fraction of sp³-hybridized carbons (Fsp3) is 0.512. The lowest BCUT2D eigenvalue weighted by Gasteiger charge is -2.24. The molecular weight excluding hydrogens is 713 g/mol. The van der Waals surface area contributed by atoms with Crippen LogP contribution < -0.4 is 15.4 Å². The molecule has 0 spiro atoms. The number of amidine groups is 1. The van der Waals surface area contributed by atoms with Crippen molar-refractivity contribution in [1.29, 1.82) is 0 Å². The van der Waals surface area contributed by atoms with E-state index in [1.54, 1.807) is 6.20 Å². The minimum absolute atomic E-state index is 0.129. The zero-order chi connectivity index (χ0) is 39.8. The number of unbranched alkanes of at least 4 members (excludes halogenated alkanes) is 5. The smallest absolute Gasteiger partial charge is 0.303 e. The van der Waals surface area contributed by atoms with Gasteiger partial charge < -0.3 is 39.6 Å². The molecule has 304 valence electrons. The second kappa shape index (κ2) is 25.3. The summed E-state index contributed by atoms with van der Waals surface area (Å²) in [5, 5.41) is 15.2. The molecule has 2 heterocycles. The van der Waals surface area contributed by atoms with E-state index in [4.69, 9.17) is 29.0 Å². The number of anilines is 1. The molecule has 1 aliphatic heterocycles. The maximum absolute atomic E-state index is 13.3. The number of ether oxygens (including phenoxy) is 4. The van der Waals surface area contributed by atoms with E-state index < -0.39 is 5.97 Å². The SMILES string of the molecule is CC1CC=C(CNc2cccc(C(=O)N[C@@H](C)c3ccc(OCCCCCCOCCOCCOCCCCCC(=O)O)cc3)c2)N(C)C(c2ccncn2)=N1. The number of benzene rings is 2. The number of nitrogens with zero attached hydrogens (tertiary/aromatic N) is 4. The summed E-state index contributed by atoms with van der Waals surface area (Å²) in [6.45, 7) is 8.84. The number of hydrogen-bond donors (Lipinski definition) is 3. The van der Waals surface area contributed by atoms with Crippen LogP contribution in [0.3, 0.4) is 0 Å². The predicted octanol–water partition coefficient (Wildman–Crippen LogP) is 7.07. The van der Waals surface area contributed by atoms with Crippen LogP contribution in [0.5, 0.6) is 5.75 Å². The molecule has 0 saturated heterocycles. The molecule has 1 aliphatic rings. The predicted molar refractivity (Wildman–Crippen MR) is 218 cm³/mol. The zero-order valence-corrected chi connectivity index (χ0v) is 33.3. The number of rotatable bonds is 27. The number of hydrogen-bond acceptors (Lipinski definition) is 11. The number of carbonyl (C=O) groups excluding carboxylic acids is 1. The van der Waals surface area contributed by atoms with Crippen LogP contribution in [-0.4, -0.2) is 104 Å². The van der Waals surface area contributed by atoms with Crippen molar-refractivity contribution in [2.24, 2.45) is 4.99 Å². The first kappa shape index (κ1) is 43.9. The maximum atomic E-state index is 13.3. The molecule has 3 aromatic rings. The first-order valence-electron chi connectivity index (χ1n) is 19.9. The van der Waals surface area contributed by atoms with Gasteiger partial charge in [-0.1, -0.05) is 37.1 Å². The molecule has 0 radical (unpaired) electrons. The van der Waals surface area contributed by atoms with Crippen LogP contribution in [0, 0.1) is 0 Å². The maximum Gasteiger partial charge on any atom is 0.303 e. The van der Waals surface area contributed by atoms with Crippen molar-refractivity contribution in [3.63, 3.8) is 0 Å². The van der Waals surface area contributed by atoms with Gasteiger partial charge in [-0.2, -0.15) is 0 Å². The second-order valence-electron chi connectivity index (χ2n) is 13.9. The molecule has 13 nitrogen and oxygen atoms in total. The van der Waals surface area contributed by atoms with Gasteiger partial charge in [0.25, 0.3) is 5.91 Å². The molecule has 1 unspecified atom stereocenters. The summed E-state index contributed by atoms with van der Waals surface area (Å²) in [7, 11) is 2.00. The van der Waals surface area contributed by atoms with Gasteiger partial charge in [0.2, 0.25) is 0 Å². The summed E-state index contributed by atoms with van der Waals surface area (Å²) in [5.74, 6) is 0.735. The lowest BCUT2D eigenvalue weighted by molar-refractivity contribution is -0.137. The molecular formula is C43H60N6O7. The molecule has 1 aromatic heterocycles. The van der Waals surface area contributed by atoms with E-state index in [0.717, 1.165) is 79.2 Å². The number of likely N-dealkylation sites (N-methyl/N-ethyl adjacent to an activating group) is 1. The van der Waals surface area contributed by atoms with Gasteiger partial charge in [-0.3, -0.25) is 14.6 Å². The summed E-state index contributed by atoms with van der Waals surface area (Å²) < 4.78 is 22.6. The summed E-state index contributed by atoms with van der Waals surface area (Å²) >= 11 is 0. The second-order valence-corrected chi connectivity index (χ2v) is 13.9. The Balaban J connectivity index is 1.05. The van der Waals surface area contributed by atoms with E-state index in [9.17, 15) is 9.59 Å². The number of aliphatic imine (C=N–C) groups is 1. The van der Waals surface area contributed by atoms with Crippen molar-refractivity contribution in [3.8, 4) is 5.75 Å². The molecule has 4 rings (SSSR count). The van der Waals surface area contributed by atoms with Gasteiger partial charge in [-0.25, -0.2) is 9.97 Å². The molecule has 2 aromatic carbocycles. The molecule has 1 amide bonds. The third-order valence-corrected chi connectivity index (χ3v) is 9.30. The number of carbonyl (C=O) groups is 2. The van der Waals surface area contributed by atoms with Crippen LogP contribution in [-0.2, 0) is 19.0 Å².